The zero-order valence-electron chi connectivity index (χ0n) is 37.1. The maximum atomic E-state index is 6.64. The molecule has 0 aromatic heterocycles. The van der Waals surface area contributed by atoms with Gasteiger partial charge in [0.15, 0.2) is 0 Å². The molecule has 0 radical (unpaired) electrons. The first-order chi connectivity index (χ1) is 28.4. The van der Waals surface area contributed by atoms with Crippen LogP contribution in [0.15, 0.2) is 182 Å². The summed E-state index contributed by atoms with van der Waals surface area (Å²) in [5.41, 5.74) is 10.4. The average Bonchev–Trinajstić information content (AvgIpc) is 3.93. The van der Waals surface area contributed by atoms with Gasteiger partial charge in [-0.3, -0.25) is 0 Å². The summed E-state index contributed by atoms with van der Waals surface area (Å²) in [4.78, 5) is 0. The van der Waals surface area contributed by atoms with Crippen LogP contribution in [0.5, 0.6) is 0 Å². The number of halogens is 2. The second-order valence-corrected chi connectivity index (χ2v) is 27.1. The molecule has 8 rings (SSSR count). The zero-order valence-corrected chi connectivity index (χ0v) is 41.0. The van der Waals surface area contributed by atoms with Crippen LogP contribution < -0.4 is 0 Å². The molecule has 8 aromatic rings. The van der Waals surface area contributed by atoms with E-state index in [4.69, 9.17) is 17.0 Å². The van der Waals surface area contributed by atoms with Gasteiger partial charge in [-0.1, -0.05) is 114 Å². The van der Waals surface area contributed by atoms with Gasteiger partial charge in [-0.15, -0.1) is 39.7 Å². The van der Waals surface area contributed by atoms with Gasteiger partial charge in [0.2, 0.25) is 0 Å². The summed E-state index contributed by atoms with van der Waals surface area (Å²) < 4.78 is 1.31. The van der Waals surface area contributed by atoms with Gasteiger partial charge in [-0.25, -0.2) is 12.1 Å². The second-order valence-electron chi connectivity index (χ2n) is 18.9. The maximum Gasteiger partial charge on any atom is -0.172 e. The maximum absolute atomic E-state index is 6.64. The number of rotatable bonds is 6. The van der Waals surface area contributed by atoms with Crippen LogP contribution in [-0.2, 0) is 40.5 Å². The van der Waals surface area contributed by atoms with Crippen molar-refractivity contribution >= 4 is 41.8 Å². The van der Waals surface area contributed by atoms with E-state index in [-0.39, 0.29) is 21.7 Å². The Morgan fingerprint density at radius 3 is 1.05 bits per heavy atom. The molecule has 0 aliphatic carbocycles. The minimum Gasteiger partial charge on any atom is -0.214 e. The first-order valence-corrected chi connectivity index (χ1v) is 28.6. The molecule has 0 spiro atoms. The van der Waals surface area contributed by atoms with Crippen molar-refractivity contribution in [2.75, 3.05) is 0 Å². The third-order valence-corrected chi connectivity index (χ3v) is 18.0. The minimum atomic E-state index is -2.63. The molecule has 0 nitrogen and oxygen atoms in total. The average molecular weight is 907 g/mol. The van der Waals surface area contributed by atoms with Gasteiger partial charge in [-0.2, -0.15) is 18.2 Å². The number of hydrogen-bond acceptors (Lipinski definition) is 0. The van der Waals surface area contributed by atoms with Crippen molar-refractivity contribution < 1.29 is 18.9 Å². The van der Waals surface area contributed by atoms with Crippen molar-refractivity contribution in [3.8, 4) is 22.3 Å². The summed E-state index contributed by atoms with van der Waals surface area (Å²) in [6.07, 6.45) is 0. The van der Waals surface area contributed by atoms with E-state index in [0.29, 0.717) is 0 Å². The first kappa shape index (κ1) is 45.4. The molecule has 3 heteroatoms. The normalized spacial score (nSPS) is 12.0. The van der Waals surface area contributed by atoms with Crippen molar-refractivity contribution in [1.29, 1.82) is 0 Å². The Balaban J connectivity index is 0.000000192. The summed E-state index contributed by atoms with van der Waals surface area (Å²) in [6.45, 7) is 22.9. The van der Waals surface area contributed by atoms with Crippen LogP contribution in [-0.4, -0.2) is 3.21 Å². The molecular weight excluding hydrogens is 847 g/mol. The van der Waals surface area contributed by atoms with Gasteiger partial charge >= 0.3 is 149 Å². The molecule has 0 N–H and O–H groups in total. The molecule has 0 fully saturated rings. The van der Waals surface area contributed by atoms with Crippen LogP contribution in [0.25, 0.3) is 43.8 Å². The number of benzene rings is 6. The van der Waals surface area contributed by atoms with Crippen LogP contribution >= 0.6 is 17.0 Å². The van der Waals surface area contributed by atoms with Crippen molar-refractivity contribution in [2.24, 2.45) is 0 Å². The molecule has 0 aliphatic heterocycles. The van der Waals surface area contributed by atoms with E-state index in [1.54, 1.807) is 0 Å². The molecule has 0 heterocycles. The first-order valence-electron chi connectivity index (χ1n) is 21.1. The van der Waals surface area contributed by atoms with E-state index in [1.807, 2.05) is 42.5 Å². The van der Waals surface area contributed by atoms with Crippen molar-refractivity contribution in [3.05, 3.63) is 204 Å². The van der Waals surface area contributed by atoms with Crippen LogP contribution in [0.1, 0.15) is 91.5 Å². The standard InChI is InChI=1S/C33H33.C19H22.C5H5.2ClH.Zr/c1-32(2,3)30-20-26-24(18-28(30)22-13-9-7-10-14-22)17-25-19-29(23-15-11-8-12-16-23)31(21-27(25)26)33(4,5)6;1-18(2,16-11-7-5-8-12-16)15-19(3,4)17-13-9-6-10-14-17;1-2-4-5-3-1;;;/h7-21H,1-6H3;5-14H,1-4H3;1-5H;2*1H;/q-1;;-1;;;+2/p-2. The molecular formula is C57H60Cl2Zr-2. The van der Waals surface area contributed by atoms with E-state index in [9.17, 15) is 0 Å². The molecule has 0 aliphatic rings. The third kappa shape index (κ3) is 10.3. The van der Waals surface area contributed by atoms with Gasteiger partial charge < -0.3 is 0 Å². The SMILES string of the molecule is CC(C)(C)c1cc2c(cc1-c1ccccc1)[cH-]c1cc(-c3ccccc3)c(C(C)(C)C)cc12.CC(C)([C](=[Zr]([Cl])[Cl])C(C)(C)c1ccccc1)c1ccccc1.c1cc[cH-]c1. The number of hydrogen-bond donors (Lipinski definition) is 0. The molecule has 0 bridgehead atoms. The fourth-order valence-electron chi connectivity index (χ4n) is 8.63. The molecule has 0 amide bonds. The Morgan fingerprint density at radius 2 is 0.767 bits per heavy atom. The van der Waals surface area contributed by atoms with Crippen LogP contribution in [0.2, 0.25) is 0 Å². The zero-order chi connectivity index (χ0) is 43.3. The molecule has 0 saturated carbocycles. The summed E-state index contributed by atoms with van der Waals surface area (Å²) >= 11 is -2.63. The van der Waals surface area contributed by atoms with Gasteiger partial charge in [0, 0.05) is 0 Å². The summed E-state index contributed by atoms with van der Waals surface area (Å²) in [6, 6.07) is 64.8. The predicted molar refractivity (Wildman–Crippen MR) is 263 cm³/mol. The Hall–Kier alpha value is -4.13. The van der Waals surface area contributed by atoms with Gasteiger partial charge in [0.1, 0.15) is 0 Å². The van der Waals surface area contributed by atoms with Crippen LogP contribution in [0.4, 0.5) is 0 Å². The molecule has 0 atom stereocenters. The third-order valence-electron chi connectivity index (χ3n) is 11.8. The monoisotopic (exact) mass is 904 g/mol. The molecule has 60 heavy (non-hydrogen) atoms. The van der Waals surface area contributed by atoms with Gasteiger partial charge in [0.25, 0.3) is 0 Å². The van der Waals surface area contributed by atoms with E-state index >= 15 is 0 Å². The van der Waals surface area contributed by atoms with E-state index in [2.05, 4.69) is 209 Å². The summed E-state index contributed by atoms with van der Waals surface area (Å²) in [5.74, 6) is 0. The van der Waals surface area contributed by atoms with E-state index in [1.165, 1.54) is 69.3 Å². The molecule has 0 unspecified atom stereocenters. The van der Waals surface area contributed by atoms with Crippen LogP contribution in [0.3, 0.4) is 0 Å². The predicted octanol–water partition coefficient (Wildman–Crippen LogP) is 17.1. The van der Waals surface area contributed by atoms with Crippen molar-refractivity contribution in [2.45, 2.75) is 90.9 Å². The Labute approximate surface area is 375 Å². The fourth-order valence-corrected chi connectivity index (χ4v) is 17.3. The molecule has 8 aromatic carbocycles. The quantitative estimate of drug-likeness (QED) is 0.146. The van der Waals surface area contributed by atoms with Gasteiger partial charge in [-0.05, 0) is 44.2 Å². The van der Waals surface area contributed by atoms with Gasteiger partial charge in [0.05, 0.1) is 0 Å². The van der Waals surface area contributed by atoms with E-state index in [0.717, 1.165) is 0 Å². The van der Waals surface area contributed by atoms with Crippen molar-refractivity contribution in [3.63, 3.8) is 0 Å². The Kier molecular flexibility index (Phi) is 14.3. The Bertz CT molecular complexity index is 2450. The smallest absolute Gasteiger partial charge is 0.172 e. The molecule has 308 valence electrons. The number of fused-ring (bicyclic) bond motifs is 3. The van der Waals surface area contributed by atoms with Crippen LogP contribution in [0, 0.1) is 0 Å². The molecule has 0 saturated heterocycles. The summed E-state index contributed by atoms with van der Waals surface area (Å²) in [7, 11) is 13.3. The summed E-state index contributed by atoms with van der Waals surface area (Å²) in [5, 5.41) is 5.36. The fraction of sp³-hybridized carbons (Fsp3) is 0.246. The largest absolute Gasteiger partial charge is 0.214 e. The second kappa shape index (κ2) is 18.9. The minimum absolute atomic E-state index is 0.0554. The Morgan fingerprint density at radius 1 is 0.433 bits per heavy atom. The topological polar surface area (TPSA) is 0 Å². The van der Waals surface area contributed by atoms with E-state index < -0.39 is 18.9 Å². The van der Waals surface area contributed by atoms with Crippen molar-refractivity contribution in [1.82, 2.24) is 0 Å².